The van der Waals surface area contributed by atoms with Gasteiger partial charge >= 0.3 is 0 Å². The number of hydrogen-bond donors (Lipinski definition) is 1. The molecule has 2 aromatic carbocycles. The molecule has 9 nitrogen and oxygen atoms in total. The minimum Gasteiger partial charge on any atom is -0.491 e. The molecule has 0 aliphatic carbocycles. The Morgan fingerprint density at radius 1 is 1.09 bits per heavy atom. The van der Waals surface area contributed by atoms with Gasteiger partial charge in [-0.25, -0.2) is 8.42 Å². The van der Waals surface area contributed by atoms with Crippen LogP contribution in [0.15, 0.2) is 41.3 Å². The number of aryl methyl sites for hydroxylation is 1. The molecule has 1 heterocycles. The molecule has 0 unspecified atom stereocenters. The van der Waals surface area contributed by atoms with E-state index in [9.17, 15) is 13.2 Å². The van der Waals surface area contributed by atoms with Crippen molar-refractivity contribution < 1.29 is 32.2 Å². The van der Waals surface area contributed by atoms with E-state index in [2.05, 4.69) is 5.32 Å². The molecule has 10 heteroatoms. The molecule has 0 bridgehead atoms. The van der Waals surface area contributed by atoms with Crippen LogP contribution in [0.25, 0.3) is 0 Å². The largest absolute Gasteiger partial charge is 0.491 e. The van der Waals surface area contributed by atoms with Gasteiger partial charge < -0.3 is 24.3 Å². The van der Waals surface area contributed by atoms with Gasteiger partial charge in [-0.05, 0) is 42.8 Å². The lowest BCUT2D eigenvalue weighted by Gasteiger charge is -2.21. The molecule has 174 valence electrons. The average molecular weight is 465 g/mol. The molecular formula is C22H28N2O7S. The second-order valence-corrected chi connectivity index (χ2v) is 9.04. The van der Waals surface area contributed by atoms with Crippen LogP contribution in [0.1, 0.15) is 12.5 Å². The highest BCUT2D eigenvalue weighted by atomic mass is 32.2. The summed E-state index contributed by atoms with van der Waals surface area (Å²) in [5.74, 6) is 1.28. The van der Waals surface area contributed by atoms with Gasteiger partial charge in [0.2, 0.25) is 15.9 Å². The van der Waals surface area contributed by atoms with Crippen LogP contribution in [0.3, 0.4) is 0 Å². The fourth-order valence-electron chi connectivity index (χ4n) is 3.18. The first-order valence-corrected chi connectivity index (χ1v) is 11.7. The number of benzene rings is 2. The van der Waals surface area contributed by atoms with Gasteiger partial charge in [0.05, 0.1) is 18.0 Å². The van der Waals surface area contributed by atoms with Crippen LogP contribution in [-0.4, -0.2) is 65.3 Å². The topological polar surface area (TPSA) is 103 Å². The third kappa shape index (κ3) is 5.70. The lowest BCUT2D eigenvalue weighted by molar-refractivity contribution is -0.116. The monoisotopic (exact) mass is 464 g/mol. The number of amides is 1. The molecule has 0 spiro atoms. The Hall–Kier alpha value is -2.82. The molecule has 1 N–H and O–H groups in total. The zero-order chi connectivity index (χ0) is 23.1. The Kier molecular flexibility index (Phi) is 7.94. The summed E-state index contributed by atoms with van der Waals surface area (Å²) in [6, 6.07) is 9.67. The van der Waals surface area contributed by atoms with Crippen LogP contribution < -0.4 is 19.5 Å². The maximum absolute atomic E-state index is 13.1. The maximum atomic E-state index is 13.1. The van der Waals surface area contributed by atoms with Gasteiger partial charge in [-0.15, -0.1) is 0 Å². The highest BCUT2D eigenvalue weighted by molar-refractivity contribution is 7.89. The molecule has 0 atom stereocenters. The van der Waals surface area contributed by atoms with Crippen LogP contribution in [-0.2, 0) is 19.6 Å². The fraction of sp³-hybridized carbons (Fsp3) is 0.409. The number of fused-ring (bicyclic) bond motifs is 1. The first-order valence-electron chi connectivity index (χ1n) is 10.3. The molecule has 1 aliphatic heterocycles. The van der Waals surface area contributed by atoms with Crippen LogP contribution in [0.5, 0.6) is 17.2 Å². The number of methoxy groups -OCH3 is 1. The van der Waals surface area contributed by atoms with Gasteiger partial charge in [-0.1, -0.05) is 6.92 Å². The minimum absolute atomic E-state index is 0.100. The second kappa shape index (κ2) is 10.7. The van der Waals surface area contributed by atoms with Crippen molar-refractivity contribution in [3.63, 3.8) is 0 Å². The molecule has 0 aromatic heterocycles. The Labute approximate surface area is 188 Å². The van der Waals surface area contributed by atoms with Crippen molar-refractivity contribution >= 4 is 21.6 Å². The molecule has 32 heavy (non-hydrogen) atoms. The van der Waals surface area contributed by atoms with Crippen LogP contribution in [0, 0.1) is 6.92 Å². The summed E-state index contributed by atoms with van der Waals surface area (Å²) in [6.45, 7) is 4.98. The third-order valence-electron chi connectivity index (χ3n) is 4.83. The van der Waals surface area contributed by atoms with Gasteiger partial charge in [-0.2, -0.15) is 4.31 Å². The van der Waals surface area contributed by atoms with E-state index in [1.54, 1.807) is 51.3 Å². The van der Waals surface area contributed by atoms with Crippen LogP contribution in [0.4, 0.5) is 5.69 Å². The second-order valence-electron chi connectivity index (χ2n) is 7.11. The summed E-state index contributed by atoms with van der Waals surface area (Å²) in [4.78, 5) is 12.7. The molecule has 2 aromatic rings. The molecule has 1 aliphatic rings. The summed E-state index contributed by atoms with van der Waals surface area (Å²) in [5.41, 5.74) is 1.18. The van der Waals surface area contributed by atoms with Crippen molar-refractivity contribution in [2.45, 2.75) is 18.7 Å². The summed E-state index contributed by atoms with van der Waals surface area (Å²) in [6.07, 6.45) is 0. The summed E-state index contributed by atoms with van der Waals surface area (Å²) in [7, 11) is -2.29. The predicted octanol–water partition coefficient (Wildman–Crippen LogP) is 2.44. The number of nitrogens with zero attached hydrogens (tertiary/aromatic N) is 1. The number of rotatable bonds is 10. The normalized spacial score (nSPS) is 13.1. The highest BCUT2D eigenvalue weighted by Crippen LogP contribution is 2.32. The molecule has 3 rings (SSSR count). The van der Waals surface area contributed by atoms with E-state index in [0.717, 1.165) is 4.31 Å². The number of anilines is 1. The van der Waals surface area contributed by atoms with Crippen molar-refractivity contribution in [2.75, 3.05) is 51.9 Å². The number of ether oxygens (including phenoxy) is 4. The highest BCUT2D eigenvalue weighted by Gasteiger charge is 2.26. The van der Waals surface area contributed by atoms with Crippen molar-refractivity contribution in [1.29, 1.82) is 0 Å². The Balaban J connectivity index is 1.68. The first-order chi connectivity index (χ1) is 15.3. The lowest BCUT2D eigenvalue weighted by atomic mass is 10.2. The van der Waals surface area contributed by atoms with Crippen molar-refractivity contribution in [3.05, 3.63) is 42.0 Å². The van der Waals surface area contributed by atoms with Gasteiger partial charge in [0.1, 0.15) is 25.6 Å². The Bertz CT molecular complexity index is 1060. The van der Waals surface area contributed by atoms with Crippen LogP contribution >= 0.6 is 0 Å². The van der Waals surface area contributed by atoms with Crippen molar-refractivity contribution in [3.8, 4) is 17.2 Å². The third-order valence-corrected chi connectivity index (χ3v) is 6.74. The van der Waals surface area contributed by atoms with Gasteiger partial charge in [-0.3, -0.25) is 4.79 Å². The number of nitrogens with one attached hydrogen (secondary N) is 1. The zero-order valence-electron chi connectivity index (χ0n) is 18.4. The van der Waals surface area contributed by atoms with E-state index >= 15 is 0 Å². The lowest BCUT2D eigenvalue weighted by Crippen LogP contribution is -2.37. The summed E-state index contributed by atoms with van der Waals surface area (Å²) in [5, 5.41) is 2.72. The number of likely N-dealkylation sites (N-methyl/N-ethyl adjacent to an activating group) is 1. The molecule has 0 radical (unpaired) electrons. The number of sulfonamides is 1. The van der Waals surface area contributed by atoms with Crippen molar-refractivity contribution in [1.82, 2.24) is 4.31 Å². The summed E-state index contributed by atoms with van der Waals surface area (Å²) < 4.78 is 48.9. The van der Waals surface area contributed by atoms with E-state index < -0.39 is 15.9 Å². The molecule has 1 amide bonds. The first kappa shape index (κ1) is 23.8. The van der Waals surface area contributed by atoms with Gasteiger partial charge in [0, 0.05) is 25.4 Å². The standard InChI is InChI=1S/C22H28N2O7S/c1-4-24(15-22(25)23-17-5-7-20-21(14-17)31-12-11-30-20)32(26,27)18-6-8-19(16(2)13-18)29-10-9-28-3/h5-8,13-14H,4,9-12,15H2,1-3H3,(H,23,25). The quantitative estimate of drug-likeness (QED) is 0.539. The molecule has 0 saturated heterocycles. The number of carbonyl (C=O) groups excluding carboxylic acids is 1. The van der Waals surface area contributed by atoms with E-state index in [1.165, 1.54) is 6.07 Å². The Morgan fingerprint density at radius 3 is 2.53 bits per heavy atom. The predicted molar refractivity (Wildman–Crippen MR) is 119 cm³/mol. The fourth-order valence-corrected chi connectivity index (χ4v) is 4.67. The van der Waals surface area contributed by atoms with Gasteiger partial charge in [0.15, 0.2) is 11.5 Å². The summed E-state index contributed by atoms with van der Waals surface area (Å²) >= 11 is 0. The Morgan fingerprint density at radius 2 is 1.84 bits per heavy atom. The van der Waals surface area contributed by atoms with E-state index in [-0.39, 0.29) is 18.0 Å². The molecule has 0 fully saturated rings. The molecular weight excluding hydrogens is 436 g/mol. The minimum atomic E-state index is -3.87. The average Bonchev–Trinajstić information content (AvgIpc) is 2.78. The zero-order valence-corrected chi connectivity index (χ0v) is 19.2. The maximum Gasteiger partial charge on any atom is 0.243 e. The smallest absolute Gasteiger partial charge is 0.243 e. The number of hydrogen-bond acceptors (Lipinski definition) is 7. The van der Waals surface area contributed by atoms with Crippen molar-refractivity contribution in [2.24, 2.45) is 0 Å². The van der Waals surface area contributed by atoms with E-state index in [0.29, 0.717) is 54.9 Å². The van der Waals surface area contributed by atoms with Gasteiger partial charge in [0.25, 0.3) is 0 Å². The SMILES string of the molecule is CCN(CC(=O)Nc1ccc2c(c1)OCCO2)S(=O)(=O)c1ccc(OCCOC)c(C)c1. The van der Waals surface area contributed by atoms with E-state index in [4.69, 9.17) is 18.9 Å². The number of carbonyl (C=O) groups is 1. The van der Waals surface area contributed by atoms with E-state index in [1.807, 2.05) is 0 Å². The van der Waals surface area contributed by atoms with Crippen LogP contribution in [0.2, 0.25) is 0 Å². The molecule has 0 saturated carbocycles.